The van der Waals surface area contributed by atoms with Crippen LogP contribution in [-0.2, 0) is 6.42 Å². The van der Waals surface area contributed by atoms with Crippen LogP contribution in [0.5, 0.6) is 5.75 Å². The third-order valence-electron chi connectivity index (χ3n) is 3.70. The van der Waals surface area contributed by atoms with Crippen molar-refractivity contribution in [2.45, 2.75) is 22.6 Å². The van der Waals surface area contributed by atoms with Crippen molar-refractivity contribution in [1.29, 1.82) is 0 Å². The van der Waals surface area contributed by atoms with Gasteiger partial charge >= 0.3 is 0 Å². The van der Waals surface area contributed by atoms with Crippen molar-refractivity contribution in [2.24, 2.45) is 5.84 Å². The molecular formula is C16H18N2OS. The zero-order valence-corrected chi connectivity index (χ0v) is 12.2. The zero-order chi connectivity index (χ0) is 13.9. The summed E-state index contributed by atoms with van der Waals surface area (Å²) in [6.07, 6.45) is 1.02. The first-order valence-electron chi connectivity index (χ1n) is 6.67. The van der Waals surface area contributed by atoms with Crippen molar-refractivity contribution in [1.82, 2.24) is 5.43 Å². The number of hydrogen-bond acceptors (Lipinski definition) is 4. The number of methoxy groups -OCH3 is 1. The standard InChI is InChI=1S/C16H18N2OS/c1-19-13-8-4-3-7-12(13)16(18-17)15-10-11-6-2-5-9-14(11)20-15/h2-9,15-16,18H,10,17H2,1H3. The molecule has 3 N–H and O–H groups in total. The monoisotopic (exact) mass is 286 g/mol. The molecule has 0 aromatic heterocycles. The van der Waals surface area contributed by atoms with Gasteiger partial charge in [-0.2, -0.15) is 0 Å². The molecule has 1 heterocycles. The molecule has 20 heavy (non-hydrogen) atoms. The van der Waals surface area contributed by atoms with E-state index in [0.29, 0.717) is 5.25 Å². The summed E-state index contributed by atoms with van der Waals surface area (Å²) in [5, 5.41) is 0.383. The maximum Gasteiger partial charge on any atom is 0.123 e. The van der Waals surface area contributed by atoms with Gasteiger partial charge in [-0.05, 0) is 24.1 Å². The van der Waals surface area contributed by atoms with Gasteiger partial charge in [-0.15, -0.1) is 11.8 Å². The molecule has 0 fully saturated rings. The fraction of sp³-hybridized carbons (Fsp3) is 0.250. The Morgan fingerprint density at radius 2 is 1.95 bits per heavy atom. The van der Waals surface area contributed by atoms with Gasteiger partial charge in [0, 0.05) is 15.7 Å². The van der Waals surface area contributed by atoms with Crippen LogP contribution in [0.1, 0.15) is 17.2 Å². The van der Waals surface area contributed by atoms with Crippen molar-refractivity contribution in [3.05, 3.63) is 59.7 Å². The van der Waals surface area contributed by atoms with Crippen LogP contribution in [0.15, 0.2) is 53.4 Å². The molecule has 3 rings (SSSR count). The average Bonchev–Trinajstić information content (AvgIpc) is 2.92. The Labute approximate surface area is 123 Å². The summed E-state index contributed by atoms with van der Waals surface area (Å²) in [6, 6.07) is 16.7. The number of benzene rings is 2. The van der Waals surface area contributed by atoms with Gasteiger partial charge in [-0.1, -0.05) is 36.4 Å². The van der Waals surface area contributed by atoms with E-state index in [-0.39, 0.29) is 6.04 Å². The Balaban J connectivity index is 1.89. The van der Waals surface area contributed by atoms with Crippen LogP contribution in [0.4, 0.5) is 0 Å². The lowest BCUT2D eigenvalue weighted by molar-refractivity contribution is 0.398. The fourth-order valence-electron chi connectivity index (χ4n) is 2.72. The van der Waals surface area contributed by atoms with E-state index in [2.05, 4.69) is 35.8 Å². The normalized spacial score (nSPS) is 18.6. The number of nitrogens with two attached hydrogens (primary N) is 1. The number of fused-ring (bicyclic) bond motifs is 1. The molecule has 0 radical (unpaired) electrons. The Hall–Kier alpha value is -1.49. The van der Waals surface area contributed by atoms with Gasteiger partial charge < -0.3 is 4.74 Å². The number of hydrazine groups is 1. The van der Waals surface area contributed by atoms with Gasteiger partial charge in [0.05, 0.1) is 13.2 Å². The average molecular weight is 286 g/mol. The van der Waals surface area contributed by atoms with Crippen LogP contribution < -0.4 is 16.0 Å². The summed E-state index contributed by atoms with van der Waals surface area (Å²) in [5.41, 5.74) is 5.48. The van der Waals surface area contributed by atoms with Gasteiger partial charge in [-0.25, -0.2) is 0 Å². The minimum Gasteiger partial charge on any atom is -0.496 e. The van der Waals surface area contributed by atoms with Crippen LogP contribution in [0.2, 0.25) is 0 Å². The molecule has 4 heteroatoms. The van der Waals surface area contributed by atoms with Gasteiger partial charge in [0.25, 0.3) is 0 Å². The van der Waals surface area contributed by atoms with E-state index >= 15 is 0 Å². The number of hydrogen-bond donors (Lipinski definition) is 2. The number of nitrogens with one attached hydrogen (secondary N) is 1. The summed E-state index contributed by atoms with van der Waals surface area (Å²) in [5.74, 6) is 6.71. The van der Waals surface area contributed by atoms with Crippen LogP contribution in [-0.4, -0.2) is 12.4 Å². The van der Waals surface area contributed by atoms with Gasteiger partial charge in [0.1, 0.15) is 5.75 Å². The van der Waals surface area contributed by atoms with Crippen molar-refractivity contribution in [3.63, 3.8) is 0 Å². The molecule has 0 aliphatic carbocycles. The molecule has 0 saturated carbocycles. The van der Waals surface area contributed by atoms with Crippen molar-refractivity contribution < 1.29 is 4.74 Å². The van der Waals surface area contributed by atoms with Crippen molar-refractivity contribution in [2.75, 3.05) is 7.11 Å². The van der Waals surface area contributed by atoms with E-state index in [0.717, 1.165) is 17.7 Å². The van der Waals surface area contributed by atoms with E-state index < -0.39 is 0 Å². The van der Waals surface area contributed by atoms with E-state index in [1.165, 1.54) is 10.5 Å². The SMILES string of the molecule is COc1ccccc1C(NN)C1Cc2ccccc2S1. The van der Waals surface area contributed by atoms with Crippen LogP contribution >= 0.6 is 11.8 Å². The first kappa shape index (κ1) is 13.5. The van der Waals surface area contributed by atoms with Crippen molar-refractivity contribution >= 4 is 11.8 Å². The topological polar surface area (TPSA) is 47.3 Å². The molecule has 0 spiro atoms. The highest BCUT2D eigenvalue weighted by molar-refractivity contribution is 8.00. The highest BCUT2D eigenvalue weighted by Crippen LogP contribution is 2.43. The molecule has 2 atom stereocenters. The molecule has 2 unspecified atom stereocenters. The number of thioether (sulfide) groups is 1. The first-order valence-corrected chi connectivity index (χ1v) is 7.55. The number of ether oxygens (including phenoxy) is 1. The van der Waals surface area contributed by atoms with Crippen molar-refractivity contribution in [3.8, 4) is 5.75 Å². The summed E-state index contributed by atoms with van der Waals surface area (Å²) < 4.78 is 5.46. The van der Waals surface area contributed by atoms with E-state index in [1.807, 2.05) is 30.0 Å². The Kier molecular flexibility index (Phi) is 3.96. The van der Waals surface area contributed by atoms with Crippen LogP contribution in [0, 0.1) is 0 Å². The highest BCUT2D eigenvalue weighted by atomic mass is 32.2. The van der Waals surface area contributed by atoms with Crippen LogP contribution in [0.3, 0.4) is 0 Å². The van der Waals surface area contributed by atoms with E-state index in [1.54, 1.807) is 7.11 Å². The van der Waals surface area contributed by atoms with Gasteiger partial charge in [-0.3, -0.25) is 11.3 Å². The summed E-state index contributed by atoms with van der Waals surface area (Å²) in [6.45, 7) is 0. The molecule has 3 nitrogen and oxygen atoms in total. The summed E-state index contributed by atoms with van der Waals surface area (Å²) in [4.78, 5) is 1.35. The largest absolute Gasteiger partial charge is 0.496 e. The fourth-order valence-corrected chi connectivity index (χ4v) is 4.13. The molecule has 2 aromatic rings. The molecule has 0 saturated heterocycles. The molecule has 2 aromatic carbocycles. The van der Waals surface area contributed by atoms with E-state index in [9.17, 15) is 0 Å². The maximum atomic E-state index is 5.82. The Morgan fingerprint density at radius 1 is 1.20 bits per heavy atom. The summed E-state index contributed by atoms with van der Waals surface area (Å²) in [7, 11) is 1.70. The molecular weight excluding hydrogens is 268 g/mol. The minimum absolute atomic E-state index is 0.0727. The quantitative estimate of drug-likeness (QED) is 0.670. The Morgan fingerprint density at radius 3 is 2.70 bits per heavy atom. The third-order valence-corrected chi connectivity index (χ3v) is 5.09. The smallest absolute Gasteiger partial charge is 0.123 e. The highest BCUT2D eigenvalue weighted by Gasteiger charge is 2.31. The van der Waals surface area contributed by atoms with Crippen LogP contribution in [0.25, 0.3) is 0 Å². The van der Waals surface area contributed by atoms with Gasteiger partial charge in [0.2, 0.25) is 0 Å². The minimum atomic E-state index is 0.0727. The lowest BCUT2D eigenvalue weighted by Crippen LogP contribution is -2.35. The maximum absolute atomic E-state index is 5.82. The predicted molar refractivity (Wildman–Crippen MR) is 82.8 cm³/mol. The number of para-hydroxylation sites is 1. The second-order valence-corrected chi connectivity index (χ2v) is 6.14. The molecule has 1 aliphatic rings. The zero-order valence-electron chi connectivity index (χ0n) is 11.4. The molecule has 0 amide bonds. The molecule has 0 bridgehead atoms. The molecule has 104 valence electrons. The second-order valence-electron chi connectivity index (χ2n) is 4.85. The second kappa shape index (κ2) is 5.87. The summed E-state index contributed by atoms with van der Waals surface area (Å²) >= 11 is 1.88. The first-order chi connectivity index (χ1) is 9.83. The molecule has 1 aliphatic heterocycles. The Bertz CT molecular complexity index is 578. The predicted octanol–water partition coefficient (Wildman–Crippen LogP) is 2.92. The van der Waals surface area contributed by atoms with E-state index in [4.69, 9.17) is 10.6 Å². The lowest BCUT2D eigenvalue weighted by Gasteiger charge is -2.24. The lowest BCUT2D eigenvalue weighted by atomic mass is 9.98. The number of rotatable bonds is 4. The van der Waals surface area contributed by atoms with Gasteiger partial charge in [0.15, 0.2) is 0 Å². The third kappa shape index (κ3) is 2.42.